The van der Waals surface area contributed by atoms with Crippen molar-refractivity contribution in [1.29, 1.82) is 0 Å². The van der Waals surface area contributed by atoms with Gasteiger partial charge >= 0.3 is 6.18 Å². The first kappa shape index (κ1) is 12.1. The first-order chi connectivity index (χ1) is 7.75. The third kappa shape index (κ3) is 1.96. The normalized spacial score (nSPS) is 17.8. The topological polar surface area (TPSA) is 60.2 Å². The van der Waals surface area contributed by atoms with Gasteiger partial charge in [0, 0.05) is 12.0 Å². The van der Waals surface area contributed by atoms with E-state index in [2.05, 4.69) is 0 Å². The van der Waals surface area contributed by atoms with Crippen LogP contribution in [0.3, 0.4) is 0 Å². The van der Waals surface area contributed by atoms with Crippen LogP contribution in [-0.2, 0) is 16.0 Å². The summed E-state index contributed by atoms with van der Waals surface area (Å²) in [5.41, 5.74) is 4.68. The molecule has 0 amide bonds. The van der Waals surface area contributed by atoms with Crippen LogP contribution in [0.1, 0.15) is 11.1 Å². The highest BCUT2D eigenvalue weighted by Crippen LogP contribution is 2.37. The molecule has 0 fully saturated rings. The summed E-state index contributed by atoms with van der Waals surface area (Å²) in [4.78, 5) is -0.119. The Hall–Kier alpha value is -1.34. The Kier molecular flexibility index (Phi) is 2.55. The van der Waals surface area contributed by atoms with Crippen LogP contribution in [0.25, 0.3) is 5.57 Å². The van der Waals surface area contributed by atoms with Crippen molar-refractivity contribution in [2.45, 2.75) is 11.1 Å². The number of benzene rings is 1. The van der Waals surface area contributed by atoms with Crippen LogP contribution in [0.4, 0.5) is 13.2 Å². The predicted octanol–water partition coefficient (Wildman–Crippen LogP) is 1.79. The number of fused-ring (bicyclic) bond motifs is 1. The van der Waals surface area contributed by atoms with Gasteiger partial charge in [0.2, 0.25) is 9.84 Å². The number of hydrogen-bond acceptors (Lipinski definition) is 3. The molecule has 0 radical (unpaired) electrons. The maximum absolute atomic E-state index is 12.5. The summed E-state index contributed by atoms with van der Waals surface area (Å²) in [6, 6.07) is 2.54. The molecular weight excluding hydrogens is 255 g/mol. The van der Waals surface area contributed by atoms with Crippen LogP contribution in [0.2, 0.25) is 0 Å². The largest absolute Gasteiger partial charge is 0.416 e. The molecule has 0 aliphatic carbocycles. The lowest BCUT2D eigenvalue weighted by atomic mass is 10.0. The maximum Gasteiger partial charge on any atom is 0.416 e. The minimum atomic E-state index is -4.50. The minimum Gasteiger partial charge on any atom is -0.326 e. The highest BCUT2D eigenvalue weighted by molar-refractivity contribution is 7.95. The highest BCUT2D eigenvalue weighted by Gasteiger charge is 2.34. The first-order valence-corrected chi connectivity index (χ1v) is 6.17. The van der Waals surface area contributed by atoms with Crippen LogP contribution >= 0.6 is 0 Å². The molecule has 1 heterocycles. The molecule has 0 spiro atoms. The van der Waals surface area contributed by atoms with Gasteiger partial charge in [0.15, 0.2) is 0 Å². The number of nitrogens with two attached hydrogens (primary N) is 1. The van der Waals surface area contributed by atoms with Gasteiger partial charge in [-0.15, -0.1) is 0 Å². The van der Waals surface area contributed by atoms with E-state index in [-0.39, 0.29) is 22.6 Å². The number of sulfone groups is 1. The highest BCUT2D eigenvalue weighted by atomic mass is 32.2. The smallest absolute Gasteiger partial charge is 0.326 e. The van der Waals surface area contributed by atoms with Gasteiger partial charge in [-0.2, -0.15) is 13.2 Å². The molecule has 1 aliphatic heterocycles. The van der Waals surface area contributed by atoms with E-state index in [4.69, 9.17) is 5.73 Å². The number of halogens is 3. The third-order valence-electron chi connectivity index (χ3n) is 2.48. The molecule has 1 aromatic rings. The zero-order valence-corrected chi connectivity index (χ0v) is 9.27. The quantitative estimate of drug-likeness (QED) is 0.840. The van der Waals surface area contributed by atoms with E-state index in [1.165, 1.54) is 0 Å². The van der Waals surface area contributed by atoms with E-state index in [1.807, 2.05) is 0 Å². The molecule has 2 N–H and O–H groups in total. The lowest BCUT2D eigenvalue weighted by Crippen LogP contribution is -2.07. The molecular formula is C10H8F3NO2S. The summed E-state index contributed by atoms with van der Waals surface area (Å²) in [6.07, 6.45) is -4.50. The average Bonchev–Trinajstić information content (AvgIpc) is 2.49. The van der Waals surface area contributed by atoms with Crippen molar-refractivity contribution in [2.75, 3.05) is 6.54 Å². The zero-order chi connectivity index (χ0) is 12.8. The number of alkyl halides is 3. The van der Waals surface area contributed by atoms with Crippen molar-refractivity contribution in [3.63, 3.8) is 0 Å². The summed E-state index contributed by atoms with van der Waals surface area (Å²) in [6.45, 7) is -0.118. The van der Waals surface area contributed by atoms with Crippen LogP contribution in [0, 0.1) is 0 Å². The van der Waals surface area contributed by atoms with Gasteiger partial charge in [0.25, 0.3) is 0 Å². The Balaban J connectivity index is 2.67. The molecule has 92 valence electrons. The fourth-order valence-electron chi connectivity index (χ4n) is 1.68. The van der Waals surface area contributed by atoms with E-state index in [0.717, 1.165) is 23.6 Å². The molecule has 0 bridgehead atoms. The molecule has 2 rings (SSSR count). The molecule has 0 unspecified atom stereocenters. The van der Waals surface area contributed by atoms with Gasteiger partial charge in [0.1, 0.15) is 0 Å². The van der Waals surface area contributed by atoms with Crippen molar-refractivity contribution in [3.8, 4) is 0 Å². The van der Waals surface area contributed by atoms with Crippen LogP contribution < -0.4 is 5.73 Å². The molecule has 17 heavy (non-hydrogen) atoms. The van der Waals surface area contributed by atoms with Crippen molar-refractivity contribution in [1.82, 2.24) is 0 Å². The van der Waals surface area contributed by atoms with Gasteiger partial charge in [-0.1, -0.05) is 0 Å². The summed E-state index contributed by atoms with van der Waals surface area (Å²) in [7, 11) is -3.64. The van der Waals surface area contributed by atoms with E-state index < -0.39 is 21.6 Å². The Morgan fingerprint density at radius 3 is 2.41 bits per heavy atom. The Bertz CT molecular complexity index is 602. The van der Waals surface area contributed by atoms with Gasteiger partial charge < -0.3 is 5.73 Å². The Labute approximate surface area is 95.7 Å². The van der Waals surface area contributed by atoms with Crippen molar-refractivity contribution >= 4 is 15.4 Å². The first-order valence-electron chi connectivity index (χ1n) is 4.63. The van der Waals surface area contributed by atoms with E-state index in [9.17, 15) is 21.6 Å². The standard InChI is InChI=1S/C10H8F3NO2S/c11-10(12,13)7-1-2-9-8(3-7)6(4-14)5-17(9,15)16/h1-3,5H,4,14H2. The molecule has 3 nitrogen and oxygen atoms in total. The second-order valence-electron chi connectivity index (χ2n) is 3.60. The fourth-order valence-corrected chi connectivity index (χ4v) is 3.16. The molecule has 1 aliphatic rings. The zero-order valence-electron chi connectivity index (χ0n) is 8.45. The maximum atomic E-state index is 12.5. The van der Waals surface area contributed by atoms with Crippen molar-refractivity contribution in [2.24, 2.45) is 5.73 Å². The molecule has 7 heteroatoms. The van der Waals surface area contributed by atoms with Crippen LogP contribution in [0.5, 0.6) is 0 Å². The lowest BCUT2D eigenvalue weighted by Gasteiger charge is -2.09. The molecule has 0 aromatic heterocycles. The Morgan fingerprint density at radius 2 is 1.88 bits per heavy atom. The summed E-state index contributed by atoms with van der Waals surface area (Å²) in [5.74, 6) is 0. The number of hydrogen-bond donors (Lipinski definition) is 1. The van der Waals surface area contributed by atoms with E-state index in [1.54, 1.807) is 0 Å². The summed E-state index contributed by atoms with van der Waals surface area (Å²) < 4.78 is 60.6. The van der Waals surface area contributed by atoms with E-state index >= 15 is 0 Å². The predicted molar refractivity (Wildman–Crippen MR) is 55.7 cm³/mol. The number of rotatable bonds is 1. The van der Waals surface area contributed by atoms with Gasteiger partial charge in [-0.05, 0) is 29.3 Å². The fraction of sp³-hybridized carbons (Fsp3) is 0.200. The van der Waals surface area contributed by atoms with Crippen LogP contribution in [0.15, 0.2) is 28.5 Å². The van der Waals surface area contributed by atoms with Crippen molar-refractivity contribution < 1.29 is 21.6 Å². The minimum absolute atomic E-state index is 0.0438. The van der Waals surface area contributed by atoms with Crippen LogP contribution in [-0.4, -0.2) is 15.0 Å². The molecule has 0 saturated heterocycles. The van der Waals surface area contributed by atoms with E-state index in [0.29, 0.717) is 0 Å². The molecule has 1 aromatic carbocycles. The monoisotopic (exact) mass is 263 g/mol. The van der Waals surface area contributed by atoms with Gasteiger partial charge in [0.05, 0.1) is 10.5 Å². The Morgan fingerprint density at radius 1 is 1.24 bits per heavy atom. The SMILES string of the molecule is NCC1=CS(=O)(=O)c2ccc(C(F)(F)F)cc21. The second kappa shape index (κ2) is 3.58. The second-order valence-corrected chi connectivity index (χ2v) is 5.37. The lowest BCUT2D eigenvalue weighted by molar-refractivity contribution is -0.137. The third-order valence-corrected chi connectivity index (χ3v) is 4.04. The molecule has 0 atom stereocenters. The van der Waals surface area contributed by atoms with Crippen molar-refractivity contribution in [3.05, 3.63) is 34.7 Å². The van der Waals surface area contributed by atoms with Gasteiger partial charge in [-0.25, -0.2) is 8.42 Å². The summed E-state index contributed by atoms with van der Waals surface area (Å²) in [5, 5.41) is 0.915. The van der Waals surface area contributed by atoms with Gasteiger partial charge in [-0.3, -0.25) is 0 Å². The molecule has 0 saturated carbocycles. The summed E-state index contributed by atoms with van der Waals surface area (Å²) >= 11 is 0. The average molecular weight is 263 g/mol.